The molecule has 0 radical (unpaired) electrons. The lowest BCUT2D eigenvalue weighted by Crippen LogP contribution is -2.59. The fraction of sp³-hybridized carbons (Fsp3) is 0.850. The zero-order valence-corrected chi connectivity index (χ0v) is 18.8. The van der Waals surface area contributed by atoms with E-state index in [9.17, 15) is 14.4 Å². The Morgan fingerprint density at radius 1 is 1.20 bits per heavy atom. The highest BCUT2D eigenvalue weighted by atomic mass is 16.7. The summed E-state index contributed by atoms with van der Waals surface area (Å²) in [5.41, 5.74) is 1.94. The Morgan fingerprint density at radius 3 is 2.50 bits per heavy atom. The number of likely N-dealkylation sites (tertiary alicyclic amines) is 1. The molecule has 2 rings (SSSR count). The Balaban J connectivity index is 1.70. The molecule has 2 fully saturated rings. The van der Waals surface area contributed by atoms with E-state index in [1.54, 1.807) is 4.90 Å². The molecule has 0 aromatic heterocycles. The van der Waals surface area contributed by atoms with Crippen molar-refractivity contribution in [2.24, 2.45) is 5.92 Å². The molecule has 0 spiro atoms. The monoisotopic (exact) mass is 428 g/mol. The number of rotatable bonds is 9. The maximum absolute atomic E-state index is 12.6. The number of carbonyl (C=O) groups is 3. The van der Waals surface area contributed by atoms with Gasteiger partial charge >= 0.3 is 12.1 Å². The number of hydroxylamine groups is 3. The average Bonchev–Trinajstić information content (AvgIpc) is 2.62. The van der Waals surface area contributed by atoms with Gasteiger partial charge in [0.2, 0.25) is 0 Å². The highest BCUT2D eigenvalue weighted by molar-refractivity contribution is 5.87. The standard InChI is InChI=1S/C20H36N4O6/c1-6-8-11-29-24-10-9-16(23(7-2)18(24)26)17(25)21-28-14-15-12-22(13-15)19(27)30-20(3,4)5/h15-16H,6-14H2,1-5H3,(H,21,25)/t16-/m0/s1. The van der Waals surface area contributed by atoms with Crippen molar-refractivity contribution in [3.8, 4) is 0 Å². The van der Waals surface area contributed by atoms with Crippen LogP contribution in [0.5, 0.6) is 0 Å². The fourth-order valence-electron chi connectivity index (χ4n) is 3.28. The van der Waals surface area contributed by atoms with Crippen LogP contribution in [0.25, 0.3) is 0 Å². The molecule has 4 amide bonds. The largest absolute Gasteiger partial charge is 0.444 e. The first-order valence-electron chi connectivity index (χ1n) is 10.8. The number of nitrogens with zero attached hydrogens (tertiary/aromatic N) is 3. The maximum atomic E-state index is 12.6. The number of likely N-dealkylation sites (N-methyl/N-ethyl adjacent to an activating group) is 1. The van der Waals surface area contributed by atoms with Crippen LogP contribution in [0.15, 0.2) is 0 Å². The lowest BCUT2D eigenvalue weighted by Gasteiger charge is -2.40. The van der Waals surface area contributed by atoms with E-state index in [4.69, 9.17) is 14.4 Å². The Hall–Kier alpha value is -2.07. The summed E-state index contributed by atoms with van der Waals surface area (Å²) >= 11 is 0. The van der Waals surface area contributed by atoms with Crippen molar-refractivity contribution in [2.45, 2.75) is 65.5 Å². The van der Waals surface area contributed by atoms with Gasteiger partial charge in [-0.2, -0.15) is 0 Å². The highest BCUT2D eigenvalue weighted by Crippen LogP contribution is 2.20. The molecule has 2 saturated heterocycles. The van der Waals surface area contributed by atoms with E-state index in [1.807, 2.05) is 27.7 Å². The van der Waals surface area contributed by atoms with Crippen LogP contribution in [0.1, 0.15) is 53.9 Å². The van der Waals surface area contributed by atoms with Crippen LogP contribution in [0.4, 0.5) is 9.59 Å². The van der Waals surface area contributed by atoms with Gasteiger partial charge in [-0.1, -0.05) is 13.3 Å². The third-order valence-electron chi connectivity index (χ3n) is 4.93. The van der Waals surface area contributed by atoms with Gasteiger partial charge < -0.3 is 14.5 Å². The van der Waals surface area contributed by atoms with Crippen molar-refractivity contribution in [1.29, 1.82) is 0 Å². The molecule has 30 heavy (non-hydrogen) atoms. The van der Waals surface area contributed by atoms with E-state index in [-0.39, 0.29) is 23.9 Å². The second-order valence-corrected chi connectivity index (χ2v) is 8.69. The third kappa shape index (κ3) is 6.73. The topological polar surface area (TPSA) is 101 Å². The number of nitrogens with one attached hydrogen (secondary N) is 1. The van der Waals surface area contributed by atoms with Crippen molar-refractivity contribution >= 4 is 18.0 Å². The zero-order valence-electron chi connectivity index (χ0n) is 18.8. The second kappa shape index (κ2) is 10.8. The first kappa shape index (κ1) is 24.2. The number of amides is 4. The number of ether oxygens (including phenoxy) is 1. The summed E-state index contributed by atoms with van der Waals surface area (Å²) in [6.07, 6.45) is 1.99. The fourth-order valence-corrected chi connectivity index (χ4v) is 3.28. The van der Waals surface area contributed by atoms with Gasteiger partial charge in [0.1, 0.15) is 11.6 Å². The van der Waals surface area contributed by atoms with Gasteiger partial charge in [0, 0.05) is 25.6 Å². The van der Waals surface area contributed by atoms with E-state index in [0.29, 0.717) is 45.8 Å². The van der Waals surface area contributed by atoms with Gasteiger partial charge in [-0.05, 0) is 40.5 Å². The number of unbranched alkanes of at least 4 members (excludes halogenated alkanes) is 1. The maximum Gasteiger partial charge on any atom is 0.410 e. The molecular formula is C20H36N4O6. The normalized spacial score (nSPS) is 20.2. The van der Waals surface area contributed by atoms with Crippen molar-refractivity contribution in [3.63, 3.8) is 0 Å². The lowest BCUT2D eigenvalue weighted by molar-refractivity contribution is -0.157. The molecule has 2 heterocycles. The number of carbonyl (C=O) groups excluding carboxylic acids is 3. The molecule has 10 nitrogen and oxygen atoms in total. The number of hydrogen-bond donors (Lipinski definition) is 1. The predicted octanol–water partition coefficient (Wildman–Crippen LogP) is 2.15. The molecule has 1 N–H and O–H groups in total. The van der Waals surface area contributed by atoms with Crippen molar-refractivity contribution < 1.29 is 28.8 Å². The molecule has 0 bridgehead atoms. The van der Waals surface area contributed by atoms with E-state index in [2.05, 4.69) is 12.4 Å². The zero-order chi connectivity index (χ0) is 22.3. The van der Waals surface area contributed by atoms with Crippen LogP contribution in [0.2, 0.25) is 0 Å². The van der Waals surface area contributed by atoms with Crippen molar-refractivity contribution in [2.75, 3.05) is 39.4 Å². The number of hydrogen-bond acceptors (Lipinski definition) is 6. The summed E-state index contributed by atoms with van der Waals surface area (Å²) in [7, 11) is 0. The smallest absolute Gasteiger partial charge is 0.410 e. The quantitative estimate of drug-likeness (QED) is 0.446. The van der Waals surface area contributed by atoms with Crippen LogP contribution in [0.3, 0.4) is 0 Å². The lowest BCUT2D eigenvalue weighted by atomic mass is 10.0. The van der Waals surface area contributed by atoms with Gasteiger partial charge in [0.05, 0.1) is 19.8 Å². The van der Waals surface area contributed by atoms with E-state index in [1.165, 1.54) is 9.96 Å². The molecule has 0 unspecified atom stereocenters. The predicted molar refractivity (Wildman–Crippen MR) is 109 cm³/mol. The molecular weight excluding hydrogens is 392 g/mol. The third-order valence-corrected chi connectivity index (χ3v) is 4.93. The van der Waals surface area contributed by atoms with E-state index < -0.39 is 11.6 Å². The van der Waals surface area contributed by atoms with Gasteiger partial charge in [0.25, 0.3) is 5.91 Å². The van der Waals surface area contributed by atoms with Crippen LogP contribution in [-0.4, -0.2) is 83.9 Å². The summed E-state index contributed by atoms with van der Waals surface area (Å²) < 4.78 is 5.31. The summed E-state index contributed by atoms with van der Waals surface area (Å²) in [4.78, 5) is 51.0. The van der Waals surface area contributed by atoms with E-state index >= 15 is 0 Å². The molecule has 2 aliphatic heterocycles. The minimum Gasteiger partial charge on any atom is -0.444 e. The van der Waals surface area contributed by atoms with Crippen molar-refractivity contribution in [1.82, 2.24) is 20.3 Å². The molecule has 172 valence electrons. The van der Waals surface area contributed by atoms with Crippen LogP contribution in [-0.2, 0) is 19.2 Å². The van der Waals surface area contributed by atoms with Crippen LogP contribution < -0.4 is 5.48 Å². The van der Waals surface area contributed by atoms with Crippen molar-refractivity contribution in [3.05, 3.63) is 0 Å². The number of urea groups is 1. The molecule has 0 aromatic carbocycles. The minimum atomic E-state index is -0.590. The second-order valence-electron chi connectivity index (χ2n) is 8.69. The summed E-state index contributed by atoms with van der Waals surface area (Å²) in [5, 5.41) is 1.34. The van der Waals surface area contributed by atoms with Gasteiger partial charge in [0.15, 0.2) is 0 Å². The molecule has 0 aliphatic carbocycles. The molecule has 1 atom stereocenters. The molecule has 10 heteroatoms. The Bertz CT molecular complexity index is 603. The molecule has 2 aliphatic rings. The first-order chi connectivity index (χ1) is 14.2. The summed E-state index contributed by atoms with van der Waals surface area (Å²) in [6.45, 7) is 12.0. The van der Waals surface area contributed by atoms with Crippen LogP contribution in [0, 0.1) is 5.92 Å². The molecule has 0 aromatic rings. The van der Waals surface area contributed by atoms with Gasteiger partial charge in [-0.15, -0.1) is 0 Å². The Kier molecular flexibility index (Phi) is 8.72. The molecule has 0 saturated carbocycles. The Labute approximate surface area is 178 Å². The summed E-state index contributed by atoms with van der Waals surface area (Å²) in [5.74, 6) is -0.211. The Morgan fingerprint density at radius 2 is 1.90 bits per heavy atom. The SMILES string of the molecule is CCCCON1CC[C@@H](C(=O)NOCC2CN(C(=O)OC(C)(C)C)C2)N(CC)C1=O. The first-order valence-corrected chi connectivity index (χ1v) is 10.8. The summed E-state index contributed by atoms with van der Waals surface area (Å²) in [6, 6.07) is -0.889. The average molecular weight is 429 g/mol. The van der Waals surface area contributed by atoms with Gasteiger partial charge in [-0.3, -0.25) is 14.5 Å². The van der Waals surface area contributed by atoms with Gasteiger partial charge in [-0.25, -0.2) is 20.1 Å². The van der Waals surface area contributed by atoms with E-state index in [0.717, 1.165) is 12.8 Å². The minimum absolute atomic E-state index is 0.135. The highest BCUT2D eigenvalue weighted by Gasteiger charge is 2.38. The van der Waals surface area contributed by atoms with Crippen LogP contribution >= 0.6 is 0 Å².